The molecule has 0 spiro atoms. The Kier molecular flexibility index (Phi) is 6.34. The van der Waals surface area contributed by atoms with Crippen LogP contribution >= 0.6 is 0 Å². The van der Waals surface area contributed by atoms with Gasteiger partial charge >= 0.3 is 0 Å². The van der Waals surface area contributed by atoms with Crippen LogP contribution in [0.5, 0.6) is 0 Å². The first-order chi connectivity index (χ1) is 27.2. The van der Waals surface area contributed by atoms with Crippen molar-refractivity contribution < 1.29 is 4.42 Å². The maximum Gasteiger partial charge on any atom is 0.137 e. The van der Waals surface area contributed by atoms with Crippen molar-refractivity contribution in [2.24, 2.45) is 0 Å². The molecule has 0 unspecified atom stereocenters. The van der Waals surface area contributed by atoms with Gasteiger partial charge in [-0.25, -0.2) is 0 Å². The fourth-order valence-electron chi connectivity index (χ4n) is 8.89. The zero-order chi connectivity index (χ0) is 36.0. The third-order valence-corrected chi connectivity index (χ3v) is 11.5. The van der Waals surface area contributed by atoms with Gasteiger partial charge in [-0.1, -0.05) is 115 Å². The van der Waals surface area contributed by atoms with Gasteiger partial charge in [0.15, 0.2) is 0 Å². The van der Waals surface area contributed by atoms with Crippen molar-refractivity contribution in [2.75, 3.05) is 0 Å². The van der Waals surface area contributed by atoms with E-state index in [1.807, 2.05) is 12.1 Å². The number of fused-ring (bicyclic) bond motifs is 10. The van der Waals surface area contributed by atoms with Gasteiger partial charge in [0, 0.05) is 49.8 Å². The normalized spacial score (nSPS) is 12.0. The summed E-state index contributed by atoms with van der Waals surface area (Å²) in [4.78, 5) is 0. The zero-order valence-electron chi connectivity index (χ0n) is 29.8. The minimum absolute atomic E-state index is 0.898. The Morgan fingerprint density at radius 1 is 0.273 bits per heavy atom. The van der Waals surface area contributed by atoms with Crippen LogP contribution in [-0.4, -0.2) is 9.13 Å². The molecule has 0 saturated heterocycles. The summed E-state index contributed by atoms with van der Waals surface area (Å²) in [6.45, 7) is 0. The molecule has 9 aromatic carbocycles. The van der Waals surface area contributed by atoms with Gasteiger partial charge in [0.05, 0.1) is 22.1 Å². The lowest BCUT2D eigenvalue weighted by atomic mass is 10.0. The van der Waals surface area contributed by atoms with E-state index < -0.39 is 0 Å². The summed E-state index contributed by atoms with van der Waals surface area (Å²) in [6, 6.07) is 70.4. The third kappa shape index (κ3) is 4.57. The largest absolute Gasteiger partial charge is 0.456 e. The number of hydrogen-bond acceptors (Lipinski definition) is 1. The van der Waals surface area contributed by atoms with Gasteiger partial charge in [0.25, 0.3) is 0 Å². The van der Waals surface area contributed by atoms with Gasteiger partial charge in [0.1, 0.15) is 11.2 Å². The number of rotatable bonds is 4. The number of aromatic nitrogens is 2. The Hall–Kier alpha value is -7.36. The minimum atomic E-state index is 0.898. The molecule has 0 radical (unpaired) electrons. The molecule has 3 heterocycles. The van der Waals surface area contributed by atoms with Crippen LogP contribution in [-0.2, 0) is 0 Å². The maximum atomic E-state index is 6.31. The van der Waals surface area contributed by atoms with Crippen LogP contribution in [0.25, 0.3) is 110 Å². The molecule has 0 aliphatic heterocycles. The molecule has 0 saturated carbocycles. The van der Waals surface area contributed by atoms with Crippen molar-refractivity contribution in [1.82, 2.24) is 9.13 Å². The van der Waals surface area contributed by atoms with Crippen LogP contribution in [0, 0.1) is 0 Å². The van der Waals surface area contributed by atoms with Gasteiger partial charge in [-0.05, 0) is 106 Å². The second-order valence-corrected chi connectivity index (χ2v) is 14.6. The highest BCUT2D eigenvalue weighted by atomic mass is 16.3. The number of nitrogens with zero attached hydrogens (tertiary/aromatic N) is 2. The number of para-hydroxylation sites is 3. The van der Waals surface area contributed by atoms with Crippen molar-refractivity contribution in [3.8, 4) is 33.6 Å². The molecule has 0 amide bonds. The van der Waals surface area contributed by atoms with Gasteiger partial charge < -0.3 is 13.6 Å². The summed E-state index contributed by atoms with van der Waals surface area (Å²) in [7, 11) is 0. The molecule has 55 heavy (non-hydrogen) atoms. The van der Waals surface area contributed by atoms with E-state index >= 15 is 0 Å². The first-order valence-electron chi connectivity index (χ1n) is 18.8. The monoisotopic (exact) mass is 700 g/mol. The Morgan fingerprint density at radius 3 is 1.47 bits per heavy atom. The van der Waals surface area contributed by atoms with Crippen molar-refractivity contribution >= 4 is 76.3 Å². The van der Waals surface area contributed by atoms with Crippen LogP contribution in [0.15, 0.2) is 199 Å². The van der Waals surface area contributed by atoms with E-state index in [9.17, 15) is 0 Å². The van der Waals surface area contributed by atoms with E-state index in [2.05, 4.69) is 191 Å². The molecular formula is C52H32N2O. The molecule has 0 bridgehead atoms. The standard InChI is InChI=1S/C52H32N2O/c1-2-10-35-29-36(18-17-33(35)9-1)34-19-23-39(24-20-34)53-47-14-6-3-11-41(47)45-30-37(21-27-49(45)53)38-22-28-50-46(31-38)42-12-4-7-15-48(42)54(50)40-25-26-44-43-13-5-8-16-51(43)55-52(44)32-40/h1-32H. The van der Waals surface area contributed by atoms with Crippen molar-refractivity contribution in [1.29, 1.82) is 0 Å². The van der Waals surface area contributed by atoms with E-state index in [1.54, 1.807) is 0 Å². The summed E-state index contributed by atoms with van der Waals surface area (Å²) < 4.78 is 11.1. The van der Waals surface area contributed by atoms with Crippen LogP contribution < -0.4 is 0 Å². The molecular weight excluding hydrogens is 669 g/mol. The van der Waals surface area contributed by atoms with E-state index in [-0.39, 0.29) is 0 Å². The van der Waals surface area contributed by atoms with E-state index in [0.717, 1.165) is 33.3 Å². The van der Waals surface area contributed by atoms with E-state index in [4.69, 9.17) is 4.42 Å². The lowest BCUT2D eigenvalue weighted by molar-refractivity contribution is 0.668. The first-order valence-corrected chi connectivity index (χ1v) is 18.8. The molecule has 0 atom stereocenters. The second-order valence-electron chi connectivity index (χ2n) is 14.6. The fraction of sp³-hybridized carbons (Fsp3) is 0. The molecule has 12 aromatic rings. The molecule has 3 heteroatoms. The molecule has 0 aliphatic carbocycles. The van der Waals surface area contributed by atoms with Crippen LogP contribution in [0.4, 0.5) is 0 Å². The summed E-state index contributed by atoms with van der Waals surface area (Å²) >= 11 is 0. The van der Waals surface area contributed by atoms with Crippen molar-refractivity contribution in [3.63, 3.8) is 0 Å². The van der Waals surface area contributed by atoms with Crippen LogP contribution in [0.2, 0.25) is 0 Å². The van der Waals surface area contributed by atoms with Gasteiger partial charge in [-0.3, -0.25) is 0 Å². The smallest absolute Gasteiger partial charge is 0.137 e. The Morgan fingerprint density at radius 2 is 0.764 bits per heavy atom. The Bertz CT molecular complexity index is 3490. The number of benzene rings is 9. The summed E-state index contributed by atoms with van der Waals surface area (Å²) in [5.74, 6) is 0. The lowest BCUT2D eigenvalue weighted by Gasteiger charge is -2.11. The SMILES string of the molecule is c1ccc2cc(-c3ccc(-n4c5ccccc5c5cc(-c6ccc7c(c6)c6ccccc6n7-c6ccc7c(c6)oc6ccccc67)ccc54)cc3)ccc2c1. The molecule has 256 valence electrons. The number of hydrogen-bond donors (Lipinski definition) is 0. The van der Waals surface area contributed by atoms with Gasteiger partial charge in [0.2, 0.25) is 0 Å². The molecule has 12 rings (SSSR count). The summed E-state index contributed by atoms with van der Waals surface area (Å²) in [6.07, 6.45) is 0. The minimum Gasteiger partial charge on any atom is -0.456 e. The maximum absolute atomic E-state index is 6.31. The molecule has 3 aromatic heterocycles. The Balaban J connectivity index is 0.968. The van der Waals surface area contributed by atoms with Gasteiger partial charge in [-0.2, -0.15) is 0 Å². The lowest BCUT2D eigenvalue weighted by Crippen LogP contribution is -1.94. The second kappa shape index (κ2) is 11.6. The summed E-state index contributed by atoms with van der Waals surface area (Å²) in [5, 5.41) is 9.75. The van der Waals surface area contributed by atoms with E-state index in [0.29, 0.717) is 0 Å². The quantitative estimate of drug-likeness (QED) is 0.179. The van der Waals surface area contributed by atoms with Crippen LogP contribution in [0.3, 0.4) is 0 Å². The predicted molar refractivity (Wildman–Crippen MR) is 231 cm³/mol. The highest BCUT2D eigenvalue weighted by Crippen LogP contribution is 2.39. The van der Waals surface area contributed by atoms with Crippen molar-refractivity contribution in [3.05, 3.63) is 194 Å². The topological polar surface area (TPSA) is 23.0 Å². The molecule has 3 nitrogen and oxygen atoms in total. The average Bonchev–Trinajstić information content (AvgIpc) is 3.90. The highest BCUT2D eigenvalue weighted by molar-refractivity contribution is 6.13. The fourth-order valence-corrected chi connectivity index (χ4v) is 8.89. The number of furan rings is 1. The zero-order valence-corrected chi connectivity index (χ0v) is 29.8. The van der Waals surface area contributed by atoms with Gasteiger partial charge in [-0.15, -0.1) is 0 Å². The molecule has 0 N–H and O–H groups in total. The summed E-state index contributed by atoms with van der Waals surface area (Å²) in [5.41, 5.74) is 13.6. The third-order valence-electron chi connectivity index (χ3n) is 11.5. The molecule has 0 fully saturated rings. The predicted octanol–water partition coefficient (Wildman–Crippen LogP) is 14.3. The highest BCUT2D eigenvalue weighted by Gasteiger charge is 2.17. The van der Waals surface area contributed by atoms with Crippen molar-refractivity contribution in [2.45, 2.75) is 0 Å². The first kappa shape index (κ1) is 30.1. The van der Waals surface area contributed by atoms with E-state index in [1.165, 1.54) is 76.6 Å². The molecule has 0 aliphatic rings. The average molecular weight is 701 g/mol. The Labute approximate surface area is 316 Å². The van der Waals surface area contributed by atoms with Crippen LogP contribution in [0.1, 0.15) is 0 Å².